The van der Waals surface area contributed by atoms with Crippen molar-refractivity contribution in [3.8, 4) is 5.69 Å². The molecule has 2 saturated heterocycles. The van der Waals surface area contributed by atoms with Crippen LogP contribution in [0.2, 0.25) is 5.15 Å². The van der Waals surface area contributed by atoms with Crippen molar-refractivity contribution < 1.29 is 14.7 Å². The zero-order valence-electron chi connectivity index (χ0n) is 18.3. The summed E-state index contributed by atoms with van der Waals surface area (Å²) in [6.07, 6.45) is 2.86. The van der Waals surface area contributed by atoms with Crippen LogP contribution in [-0.2, 0) is 6.54 Å². The van der Waals surface area contributed by atoms with Crippen LogP contribution in [0.25, 0.3) is 5.69 Å². The van der Waals surface area contributed by atoms with Crippen LogP contribution in [-0.4, -0.2) is 62.1 Å². The van der Waals surface area contributed by atoms with Crippen molar-refractivity contribution in [1.29, 1.82) is 0 Å². The molecule has 0 unspecified atom stereocenters. The fourth-order valence-corrected chi connectivity index (χ4v) is 5.28. The molecule has 0 amide bonds. The van der Waals surface area contributed by atoms with Gasteiger partial charge in [0.2, 0.25) is 0 Å². The molecule has 2 aliphatic heterocycles. The Hall–Kier alpha value is -1.40. The van der Waals surface area contributed by atoms with Crippen LogP contribution in [0.3, 0.4) is 0 Å². The van der Waals surface area contributed by atoms with E-state index in [-0.39, 0.29) is 0 Å². The summed E-state index contributed by atoms with van der Waals surface area (Å²) >= 11 is 6.84. The average molecular weight is 419 g/mol. The lowest BCUT2D eigenvalue weighted by molar-refractivity contribution is -1.03. The number of nitrogens with zero attached hydrogens (tertiary/aromatic N) is 2. The van der Waals surface area contributed by atoms with Gasteiger partial charge in [-0.2, -0.15) is 5.10 Å². The Bertz CT molecular complexity index is 832. The van der Waals surface area contributed by atoms with Crippen LogP contribution in [0.5, 0.6) is 0 Å². The fourth-order valence-electron chi connectivity index (χ4n) is 4.95. The Kier molecular flexibility index (Phi) is 6.60. The number of likely N-dealkylation sites (tertiary alicyclic amines) is 1. The number of quaternary nitrogens is 3. The van der Waals surface area contributed by atoms with Crippen LogP contribution in [0.15, 0.2) is 18.2 Å². The SMILES string of the molecule is Cc1ccc(C)c(-n2nc(C)c(C[NH+]3CC[NH+](CC[NH+]4CCCC4)CC3)c2Cl)c1. The summed E-state index contributed by atoms with van der Waals surface area (Å²) in [4.78, 5) is 5.27. The molecule has 1 aromatic carbocycles. The van der Waals surface area contributed by atoms with Crippen LogP contribution in [0.4, 0.5) is 0 Å². The van der Waals surface area contributed by atoms with Crippen molar-refractivity contribution in [3.63, 3.8) is 0 Å². The van der Waals surface area contributed by atoms with Gasteiger partial charge in [0, 0.05) is 12.8 Å². The molecule has 2 fully saturated rings. The monoisotopic (exact) mass is 418 g/mol. The molecule has 0 bridgehead atoms. The first-order valence-corrected chi connectivity index (χ1v) is 11.7. The predicted octanol–water partition coefficient (Wildman–Crippen LogP) is -0.587. The molecule has 0 radical (unpaired) electrons. The Morgan fingerprint density at radius 2 is 1.52 bits per heavy atom. The number of piperazine rings is 1. The molecular formula is C23H37ClN5+3. The summed E-state index contributed by atoms with van der Waals surface area (Å²) in [6, 6.07) is 6.46. The molecule has 3 N–H and O–H groups in total. The van der Waals surface area contributed by atoms with E-state index in [1.807, 2.05) is 9.58 Å². The standard InChI is InChI=1S/C23H34ClN5/c1-18-6-7-19(2)22(16-18)29-23(24)21(20(3)25-29)17-28-14-12-27(13-15-28)11-10-26-8-4-5-9-26/h6-7,16H,4-5,8-15,17H2,1-3H3/p+3. The molecule has 2 aromatic rings. The lowest BCUT2D eigenvalue weighted by Crippen LogP contribution is -3.29. The average Bonchev–Trinajstić information content (AvgIpc) is 3.33. The van der Waals surface area contributed by atoms with Crippen molar-refractivity contribution in [3.05, 3.63) is 45.7 Å². The summed E-state index contributed by atoms with van der Waals surface area (Å²) < 4.78 is 1.94. The number of aryl methyl sites for hydroxylation is 3. The lowest BCUT2D eigenvalue weighted by Gasteiger charge is -2.30. The fraction of sp³-hybridized carbons (Fsp3) is 0.609. The van der Waals surface area contributed by atoms with Crippen molar-refractivity contribution in [2.75, 3.05) is 52.4 Å². The summed E-state index contributed by atoms with van der Waals surface area (Å²) in [5.74, 6) is 0. The quantitative estimate of drug-likeness (QED) is 0.575. The van der Waals surface area contributed by atoms with E-state index in [4.69, 9.17) is 16.7 Å². The molecule has 4 rings (SSSR count). The third-order valence-corrected chi connectivity index (χ3v) is 7.34. The van der Waals surface area contributed by atoms with Crippen molar-refractivity contribution in [2.24, 2.45) is 0 Å². The second kappa shape index (κ2) is 9.17. The van der Waals surface area contributed by atoms with Gasteiger partial charge in [-0.1, -0.05) is 23.7 Å². The highest BCUT2D eigenvalue weighted by atomic mass is 35.5. The van der Waals surface area contributed by atoms with Gasteiger partial charge < -0.3 is 14.7 Å². The first-order chi connectivity index (χ1) is 14.0. The molecule has 2 aliphatic rings. The van der Waals surface area contributed by atoms with Gasteiger partial charge in [-0.15, -0.1) is 0 Å². The summed E-state index contributed by atoms with van der Waals surface area (Å²) in [5.41, 5.74) is 5.81. The highest BCUT2D eigenvalue weighted by Crippen LogP contribution is 2.25. The molecule has 0 aliphatic carbocycles. The van der Waals surface area contributed by atoms with Gasteiger partial charge in [-0.3, -0.25) is 0 Å². The van der Waals surface area contributed by atoms with Crippen molar-refractivity contribution >= 4 is 11.6 Å². The van der Waals surface area contributed by atoms with E-state index < -0.39 is 0 Å². The van der Waals surface area contributed by atoms with Gasteiger partial charge >= 0.3 is 0 Å². The number of halogens is 1. The topological polar surface area (TPSA) is 31.1 Å². The summed E-state index contributed by atoms with van der Waals surface area (Å²) in [7, 11) is 0. The maximum absolute atomic E-state index is 6.84. The van der Waals surface area contributed by atoms with Crippen molar-refractivity contribution in [2.45, 2.75) is 40.2 Å². The molecule has 0 spiro atoms. The van der Waals surface area contributed by atoms with E-state index >= 15 is 0 Å². The number of hydrogen-bond donors (Lipinski definition) is 3. The minimum atomic E-state index is 0.788. The van der Waals surface area contributed by atoms with Crippen LogP contribution >= 0.6 is 11.6 Å². The summed E-state index contributed by atoms with van der Waals surface area (Å²) in [6.45, 7) is 17.8. The molecule has 6 heteroatoms. The molecule has 1 aromatic heterocycles. The first kappa shape index (κ1) is 20.9. The van der Waals surface area contributed by atoms with Crippen LogP contribution in [0, 0.1) is 20.8 Å². The van der Waals surface area contributed by atoms with Gasteiger partial charge in [-0.05, 0) is 38.0 Å². The zero-order chi connectivity index (χ0) is 20.4. The lowest BCUT2D eigenvalue weighted by atomic mass is 10.1. The Morgan fingerprint density at radius 1 is 0.897 bits per heavy atom. The van der Waals surface area contributed by atoms with Crippen LogP contribution < -0.4 is 14.7 Å². The van der Waals surface area contributed by atoms with E-state index in [1.54, 1.807) is 9.80 Å². The molecule has 0 atom stereocenters. The van der Waals surface area contributed by atoms with Gasteiger partial charge in [-0.25, -0.2) is 4.68 Å². The van der Waals surface area contributed by atoms with Gasteiger partial charge in [0.15, 0.2) is 0 Å². The number of rotatable bonds is 6. The number of nitrogens with one attached hydrogen (secondary N) is 3. The predicted molar refractivity (Wildman–Crippen MR) is 118 cm³/mol. The number of aromatic nitrogens is 2. The smallest absolute Gasteiger partial charge is 0.142 e. The third-order valence-electron chi connectivity index (χ3n) is 6.95. The molecule has 158 valence electrons. The Labute approximate surface area is 180 Å². The maximum atomic E-state index is 6.84. The molecule has 0 saturated carbocycles. The molecule has 5 nitrogen and oxygen atoms in total. The largest absolute Gasteiger partial charge is 0.330 e. The summed E-state index contributed by atoms with van der Waals surface area (Å²) in [5, 5.41) is 5.59. The van der Waals surface area contributed by atoms with E-state index in [1.165, 1.54) is 81.9 Å². The van der Waals surface area contributed by atoms with E-state index in [0.717, 1.165) is 23.1 Å². The highest BCUT2D eigenvalue weighted by molar-refractivity contribution is 6.30. The maximum Gasteiger partial charge on any atom is 0.142 e. The van der Waals surface area contributed by atoms with Gasteiger partial charge in [0.05, 0.1) is 30.0 Å². The molecule has 3 heterocycles. The normalized spacial score (nSPS) is 23.0. The molecule has 29 heavy (non-hydrogen) atoms. The van der Waals surface area contributed by atoms with Crippen LogP contribution in [0.1, 0.15) is 35.2 Å². The third kappa shape index (κ3) is 4.85. The van der Waals surface area contributed by atoms with Gasteiger partial charge in [0.25, 0.3) is 0 Å². The van der Waals surface area contributed by atoms with Crippen molar-refractivity contribution in [1.82, 2.24) is 9.78 Å². The minimum Gasteiger partial charge on any atom is -0.330 e. The second-order valence-electron chi connectivity index (χ2n) is 9.19. The van der Waals surface area contributed by atoms with E-state index in [2.05, 4.69) is 39.0 Å². The highest BCUT2D eigenvalue weighted by Gasteiger charge is 2.27. The minimum absolute atomic E-state index is 0.788. The number of hydrogen-bond acceptors (Lipinski definition) is 1. The Balaban J connectivity index is 1.36. The zero-order valence-corrected chi connectivity index (χ0v) is 19.0. The number of benzene rings is 1. The first-order valence-electron chi connectivity index (χ1n) is 11.3. The molecular weight excluding hydrogens is 382 g/mol. The van der Waals surface area contributed by atoms with Gasteiger partial charge in [0.1, 0.15) is 51.0 Å². The second-order valence-corrected chi connectivity index (χ2v) is 9.55. The van der Waals surface area contributed by atoms with E-state index in [0.29, 0.717) is 0 Å². The van der Waals surface area contributed by atoms with E-state index in [9.17, 15) is 0 Å². The Morgan fingerprint density at radius 3 is 2.21 bits per heavy atom.